The standard InChI is InChI=1S/C18H15NO/c20-18(17-12-14-19-15-13-17)11-7-2-1-4-8-16-9-5-3-6-10-16/h1-15H. The summed E-state index contributed by atoms with van der Waals surface area (Å²) in [7, 11) is 0. The Bertz CT molecular complexity index is 625. The molecule has 0 radical (unpaired) electrons. The number of benzene rings is 1. The van der Waals surface area contributed by atoms with E-state index in [4.69, 9.17) is 0 Å². The van der Waals surface area contributed by atoms with Crippen LogP contribution in [0.5, 0.6) is 0 Å². The third kappa shape index (κ3) is 4.50. The molecule has 0 fully saturated rings. The molecule has 0 saturated heterocycles. The van der Waals surface area contributed by atoms with Crippen LogP contribution in [0, 0.1) is 0 Å². The van der Waals surface area contributed by atoms with Crippen molar-refractivity contribution in [3.8, 4) is 0 Å². The molecule has 0 bridgehead atoms. The number of pyridine rings is 1. The highest BCUT2D eigenvalue weighted by atomic mass is 16.1. The summed E-state index contributed by atoms with van der Waals surface area (Å²) in [6.45, 7) is 0. The first-order valence-corrected chi connectivity index (χ1v) is 6.37. The molecule has 0 N–H and O–H groups in total. The first-order chi connectivity index (χ1) is 9.86. The Morgan fingerprint density at radius 1 is 0.850 bits per heavy atom. The van der Waals surface area contributed by atoms with Gasteiger partial charge >= 0.3 is 0 Å². The van der Waals surface area contributed by atoms with Crippen LogP contribution >= 0.6 is 0 Å². The molecule has 2 rings (SSSR count). The lowest BCUT2D eigenvalue weighted by Crippen LogP contribution is -1.93. The van der Waals surface area contributed by atoms with E-state index < -0.39 is 0 Å². The van der Waals surface area contributed by atoms with Crippen molar-refractivity contribution in [1.82, 2.24) is 4.98 Å². The molecule has 0 amide bonds. The molecule has 2 nitrogen and oxygen atoms in total. The summed E-state index contributed by atoms with van der Waals surface area (Å²) in [4.78, 5) is 15.6. The highest BCUT2D eigenvalue weighted by Crippen LogP contribution is 2.01. The number of nitrogens with zero attached hydrogens (tertiary/aromatic N) is 1. The third-order valence-electron chi connectivity index (χ3n) is 2.63. The number of carbonyl (C=O) groups is 1. The topological polar surface area (TPSA) is 30.0 Å². The molecule has 1 aromatic carbocycles. The lowest BCUT2D eigenvalue weighted by atomic mass is 10.1. The Morgan fingerprint density at radius 3 is 2.30 bits per heavy atom. The fourth-order valence-electron chi connectivity index (χ4n) is 1.61. The van der Waals surface area contributed by atoms with E-state index >= 15 is 0 Å². The maximum Gasteiger partial charge on any atom is 0.185 e. The molecule has 2 aromatic rings. The summed E-state index contributed by atoms with van der Waals surface area (Å²) in [6, 6.07) is 13.5. The highest BCUT2D eigenvalue weighted by Gasteiger charge is 1.97. The number of carbonyl (C=O) groups excluding carboxylic acids is 1. The largest absolute Gasteiger partial charge is 0.289 e. The van der Waals surface area contributed by atoms with Crippen molar-refractivity contribution < 1.29 is 4.79 Å². The Kier molecular flexibility index (Phi) is 5.23. The van der Waals surface area contributed by atoms with Crippen LogP contribution in [-0.2, 0) is 0 Å². The minimum absolute atomic E-state index is 0.0240. The molecule has 1 heterocycles. The van der Waals surface area contributed by atoms with E-state index in [1.54, 1.807) is 36.7 Å². The predicted octanol–water partition coefficient (Wildman–Crippen LogP) is 4.09. The third-order valence-corrected chi connectivity index (χ3v) is 2.63. The van der Waals surface area contributed by atoms with Gasteiger partial charge in [0.05, 0.1) is 0 Å². The zero-order valence-electron chi connectivity index (χ0n) is 11.0. The quantitative estimate of drug-likeness (QED) is 0.461. The number of ketones is 1. The lowest BCUT2D eigenvalue weighted by Gasteiger charge is -1.91. The van der Waals surface area contributed by atoms with Gasteiger partial charge in [0.15, 0.2) is 5.78 Å². The van der Waals surface area contributed by atoms with E-state index in [0.717, 1.165) is 5.56 Å². The van der Waals surface area contributed by atoms with Crippen LogP contribution in [0.15, 0.2) is 85.2 Å². The van der Waals surface area contributed by atoms with Crippen molar-refractivity contribution in [3.05, 3.63) is 96.4 Å². The number of hydrogen-bond donors (Lipinski definition) is 0. The number of allylic oxidation sites excluding steroid dienone is 5. The molecule has 0 spiro atoms. The van der Waals surface area contributed by atoms with Crippen LogP contribution in [0.4, 0.5) is 0 Å². The van der Waals surface area contributed by atoms with Crippen molar-refractivity contribution >= 4 is 11.9 Å². The Labute approximate surface area is 118 Å². The molecule has 1 aromatic heterocycles. The molecule has 98 valence electrons. The average molecular weight is 261 g/mol. The van der Waals surface area contributed by atoms with E-state index in [2.05, 4.69) is 4.98 Å². The molecular formula is C18H15NO. The van der Waals surface area contributed by atoms with E-state index in [-0.39, 0.29) is 5.78 Å². The van der Waals surface area contributed by atoms with Gasteiger partial charge in [0.2, 0.25) is 0 Å². The van der Waals surface area contributed by atoms with Crippen LogP contribution < -0.4 is 0 Å². The molecule has 0 aliphatic rings. The number of hydrogen-bond acceptors (Lipinski definition) is 2. The zero-order chi connectivity index (χ0) is 14.0. The van der Waals surface area contributed by atoms with Crippen molar-refractivity contribution in [3.63, 3.8) is 0 Å². The zero-order valence-corrected chi connectivity index (χ0v) is 11.0. The Hall–Kier alpha value is -2.74. The maximum absolute atomic E-state index is 11.7. The molecule has 0 atom stereocenters. The first kappa shape index (κ1) is 13.7. The molecule has 0 aliphatic heterocycles. The van der Waals surface area contributed by atoms with Crippen LogP contribution in [0.25, 0.3) is 6.08 Å². The predicted molar refractivity (Wildman–Crippen MR) is 82.3 cm³/mol. The summed E-state index contributed by atoms with van der Waals surface area (Å²) < 4.78 is 0. The number of aromatic nitrogens is 1. The second kappa shape index (κ2) is 7.64. The summed E-state index contributed by atoms with van der Waals surface area (Å²) in [5, 5.41) is 0. The SMILES string of the molecule is O=C(C=CC=CC=Cc1ccccc1)c1ccncc1. The fraction of sp³-hybridized carbons (Fsp3) is 0. The van der Waals surface area contributed by atoms with Crippen LogP contribution in [0.2, 0.25) is 0 Å². The Morgan fingerprint density at radius 2 is 1.55 bits per heavy atom. The van der Waals surface area contributed by atoms with Crippen molar-refractivity contribution in [1.29, 1.82) is 0 Å². The van der Waals surface area contributed by atoms with Gasteiger partial charge in [-0.25, -0.2) is 0 Å². The van der Waals surface area contributed by atoms with E-state index in [1.165, 1.54) is 0 Å². The normalized spacial score (nSPS) is 11.6. The van der Waals surface area contributed by atoms with Gasteiger partial charge in [0.1, 0.15) is 0 Å². The van der Waals surface area contributed by atoms with Crippen LogP contribution in [0.1, 0.15) is 15.9 Å². The van der Waals surface area contributed by atoms with Gasteiger partial charge in [-0.3, -0.25) is 9.78 Å². The summed E-state index contributed by atoms with van der Waals surface area (Å²) in [5.41, 5.74) is 1.79. The molecule has 20 heavy (non-hydrogen) atoms. The second-order valence-corrected chi connectivity index (χ2v) is 4.11. The lowest BCUT2D eigenvalue weighted by molar-refractivity contribution is 0.104. The van der Waals surface area contributed by atoms with Crippen molar-refractivity contribution in [2.75, 3.05) is 0 Å². The van der Waals surface area contributed by atoms with Gasteiger partial charge in [-0.05, 0) is 23.8 Å². The monoisotopic (exact) mass is 261 g/mol. The number of rotatable bonds is 5. The van der Waals surface area contributed by atoms with Gasteiger partial charge < -0.3 is 0 Å². The molecular weight excluding hydrogens is 246 g/mol. The fourth-order valence-corrected chi connectivity index (χ4v) is 1.61. The van der Waals surface area contributed by atoms with Gasteiger partial charge in [0.25, 0.3) is 0 Å². The van der Waals surface area contributed by atoms with E-state index in [9.17, 15) is 4.79 Å². The van der Waals surface area contributed by atoms with Crippen LogP contribution in [0.3, 0.4) is 0 Å². The van der Waals surface area contributed by atoms with Crippen molar-refractivity contribution in [2.24, 2.45) is 0 Å². The minimum atomic E-state index is -0.0240. The summed E-state index contributed by atoms with van der Waals surface area (Å²) in [6.07, 6.45) is 14.2. The average Bonchev–Trinajstić information content (AvgIpc) is 2.52. The van der Waals surface area contributed by atoms with Gasteiger partial charge in [0, 0.05) is 18.0 Å². The molecule has 0 aliphatic carbocycles. The van der Waals surface area contributed by atoms with Gasteiger partial charge in [-0.1, -0.05) is 60.7 Å². The minimum Gasteiger partial charge on any atom is -0.289 e. The highest BCUT2D eigenvalue weighted by molar-refractivity contribution is 6.04. The van der Waals surface area contributed by atoms with Crippen molar-refractivity contribution in [2.45, 2.75) is 0 Å². The summed E-state index contributed by atoms with van der Waals surface area (Å²) in [5.74, 6) is -0.0240. The van der Waals surface area contributed by atoms with Crippen LogP contribution in [-0.4, -0.2) is 10.8 Å². The van der Waals surface area contributed by atoms with E-state index in [1.807, 2.05) is 54.6 Å². The molecule has 0 saturated carbocycles. The molecule has 2 heteroatoms. The smallest absolute Gasteiger partial charge is 0.185 e. The van der Waals surface area contributed by atoms with Gasteiger partial charge in [-0.2, -0.15) is 0 Å². The van der Waals surface area contributed by atoms with E-state index in [0.29, 0.717) is 5.56 Å². The molecule has 0 unspecified atom stereocenters. The second-order valence-electron chi connectivity index (χ2n) is 4.11. The maximum atomic E-state index is 11.7. The van der Waals surface area contributed by atoms with Gasteiger partial charge in [-0.15, -0.1) is 0 Å². The Balaban J connectivity index is 1.86. The summed E-state index contributed by atoms with van der Waals surface area (Å²) >= 11 is 0. The first-order valence-electron chi connectivity index (χ1n) is 6.37.